The molecule has 3 N–H and O–H groups in total. The Bertz CT molecular complexity index is 1570. The minimum atomic E-state index is -4.44. The average Bonchev–Trinajstić information content (AvgIpc) is 3.58. The first-order chi connectivity index (χ1) is 25.6. The van der Waals surface area contributed by atoms with Crippen molar-refractivity contribution in [1.82, 2.24) is 14.6 Å². The van der Waals surface area contributed by atoms with Crippen molar-refractivity contribution < 1.29 is 28.0 Å². The molecule has 0 saturated heterocycles. The third-order valence-corrected chi connectivity index (χ3v) is 11.0. The van der Waals surface area contributed by atoms with Crippen LogP contribution in [0.2, 0.25) is 5.02 Å². The van der Waals surface area contributed by atoms with Gasteiger partial charge in [0.1, 0.15) is 11.8 Å². The van der Waals surface area contributed by atoms with Crippen LogP contribution in [-0.4, -0.2) is 51.5 Å². The summed E-state index contributed by atoms with van der Waals surface area (Å²) in [6.07, 6.45) is 23.1. The van der Waals surface area contributed by atoms with E-state index in [1.807, 2.05) is 19.1 Å². The van der Waals surface area contributed by atoms with Crippen molar-refractivity contribution in [3.63, 3.8) is 0 Å². The number of phosphoric acid groups is 1. The molecule has 0 bridgehead atoms. The number of nitrogen functional groups attached to an aromatic ring is 1. The van der Waals surface area contributed by atoms with Crippen molar-refractivity contribution in [3.05, 3.63) is 58.5 Å². The molecule has 0 spiro atoms. The summed E-state index contributed by atoms with van der Waals surface area (Å²) >= 11 is 6.20. The number of hydrogen-bond donors (Lipinski definition) is 2. The first kappa shape index (κ1) is 44.8. The number of unbranched alkanes of at least 4 members (excludes halogenated alkanes) is 15. The topological polar surface area (TPSA) is 154 Å². The highest BCUT2D eigenvalue weighted by molar-refractivity contribution is 7.47. The number of aryl methyl sites for hydroxylation is 1. The molecule has 0 radical (unpaired) electrons. The lowest BCUT2D eigenvalue weighted by molar-refractivity contribution is -0.0495. The number of nitrogens with zero attached hydrogens (tertiary/aromatic N) is 4. The summed E-state index contributed by atoms with van der Waals surface area (Å²) in [5.41, 5.74) is 7.88. The predicted molar refractivity (Wildman–Crippen MR) is 212 cm³/mol. The summed E-state index contributed by atoms with van der Waals surface area (Å²) in [6, 6.07) is 11.0. The second-order valence-electron chi connectivity index (χ2n) is 14.4. The number of benzene rings is 1. The highest BCUT2D eigenvalue weighted by atomic mass is 35.5. The molecule has 11 nitrogen and oxygen atoms in total. The van der Waals surface area contributed by atoms with E-state index in [2.05, 4.69) is 23.1 Å². The van der Waals surface area contributed by atoms with Gasteiger partial charge in [0.2, 0.25) is 0 Å². The maximum Gasteiger partial charge on any atom is 0.472 e. The molecule has 0 aliphatic heterocycles. The van der Waals surface area contributed by atoms with E-state index in [1.165, 1.54) is 89.8 Å². The lowest BCUT2D eigenvalue weighted by Gasteiger charge is -2.29. The van der Waals surface area contributed by atoms with Gasteiger partial charge in [-0.3, -0.25) is 9.05 Å². The Labute approximate surface area is 322 Å². The molecule has 13 heteroatoms. The molecule has 1 unspecified atom stereocenters. The summed E-state index contributed by atoms with van der Waals surface area (Å²) in [4.78, 5) is 14.7. The van der Waals surface area contributed by atoms with Gasteiger partial charge in [0, 0.05) is 17.8 Å². The second-order valence-corrected chi connectivity index (χ2v) is 16.3. The number of halogens is 1. The number of rotatable bonds is 30. The number of hydrogen-bond acceptors (Lipinski definition) is 9. The number of nitrogens with two attached hydrogens (primary N) is 1. The first-order valence-electron chi connectivity index (χ1n) is 19.6. The number of phosphoric ester groups is 1. The average molecular weight is 776 g/mol. The Balaban J connectivity index is 1.41. The van der Waals surface area contributed by atoms with Gasteiger partial charge < -0.3 is 20.1 Å². The quantitative estimate of drug-likeness (QED) is 0.0494. The summed E-state index contributed by atoms with van der Waals surface area (Å²) in [5, 5.41) is 14.1. The van der Waals surface area contributed by atoms with E-state index in [0.29, 0.717) is 41.2 Å². The van der Waals surface area contributed by atoms with Gasteiger partial charge >= 0.3 is 7.82 Å². The molecular formula is C40H63ClN5O6P. The zero-order valence-corrected chi connectivity index (χ0v) is 33.9. The van der Waals surface area contributed by atoms with Crippen LogP contribution in [0.5, 0.6) is 0 Å². The third-order valence-electron chi connectivity index (χ3n) is 9.87. The largest absolute Gasteiger partial charge is 0.472 e. The zero-order chi connectivity index (χ0) is 38.4. The van der Waals surface area contributed by atoms with Crippen molar-refractivity contribution in [3.8, 4) is 6.07 Å². The van der Waals surface area contributed by atoms with E-state index in [9.17, 15) is 14.7 Å². The van der Waals surface area contributed by atoms with E-state index in [1.54, 1.807) is 29.8 Å². The summed E-state index contributed by atoms with van der Waals surface area (Å²) < 4.78 is 37.6. The molecule has 0 fully saturated rings. The predicted octanol–water partition coefficient (Wildman–Crippen LogP) is 10.5. The van der Waals surface area contributed by atoms with E-state index >= 15 is 0 Å². The Kier molecular flexibility index (Phi) is 21.0. The lowest BCUT2D eigenvalue weighted by atomic mass is 10.00. The Morgan fingerprint density at radius 3 is 2.19 bits per heavy atom. The van der Waals surface area contributed by atoms with Gasteiger partial charge in [-0.1, -0.05) is 121 Å². The van der Waals surface area contributed by atoms with Gasteiger partial charge in [-0.25, -0.2) is 14.1 Å². The molecule has 3 rings (SSSR count). The molecule has 53 heavy (non-hydrogen) atoms. The number of anilines is 1. The lowest BCUT2D eigenvalue weighted by Crippen LogP contribution is -2.34. The molecule has 0 aliphatic carbocycles. The summed E-state index contributed by atoms with van der Waals surface area (Å²) in [6.45, 7) is 3.98. The van der Waals surface area contributed by atoms with Crippen molar-refractivity contribution in [2.45, 2.75) is 154 Å². The third kappa shape index (κ3) is 17.6. The maximum absolute atomic E-state index is 13.1. The fourth-order valence-electron chi connectivity index (χ4n) is 6.40. The monoisotopic (exact) mass is 775 g/mol. The van der Waals surface area contributed by atoms with E-state index < -0.39 is 19.5 Å². The van der Waals surface area contributed by atoms with Gasteiger partial charge in [0.05, 0.1) is 43.2 Å². The first-order valence-corrected chi connectivity index (χ1v) is 21.5. The minimum absolute atomic E-state index is 0.126. The van der Waals surface area contributed by atoms with Crippen LogP contribution in [0.4, 0.5) is 5.82 Å². The standard InChI is InChI=1S/C40H63ClN5O6P/c1-4-5-6-7-8-9-10-11-12-13-14-15-16-17-18-19-20-37(50-29-34-25-33(28-42)26-35(41)27-34)30-51-53(47,48)52-31-40(2,49-3)24-23-36-21-22-38-39(43)44-32-45-46(36)38/h21-22,25-27,32,37H,4-20,23-24,29-31H2,1-3H3,(H,47,48)(H2,43,44,45)/t37-,40+/m1/s1. The molecule has 296 valence electrons. The van der Waals surface area contributed by atoms with Gasteiger partial charge in [-0.05, 0) is 62.1 Å². The van der Waals surface area contributed by atoms with Gasteiger partial charge in [0.25, 0.3) is 0 Å². The minimum Gasteiger partial charge on any atom is -0.382 e. The van der Waals surface area contributed by atoms with Crippen LogP contribution in [0.1, 0.15) is 146 Å². The molecule has 0 amide bonds. The zero-order valence-electron chi connectivity index (χ0n) is 32.3. The van der Waals surface area contributed by atoms with Gasteiger partial charge in [-0.15, -0.1) is 0 Å². The molecule has 0 saturated carbocycles. The van der Waals surface area contributed by atoms with Crippen LogP contribution < -0.4 is 5.73 Å². The van der Waals surface area contributed by atoms with Crippen molar-refractivity contribution in [2.24, 2.45) is 0 Å². The molecular weight excluding hydrogens is 713 g/mol. The molecule has 1 aromatic carbocycles. The van der Waals surface area contributed by atoms with Crippen LogP contribution in [-0.2, 0) is 36.1 Å². The highest BCUT2D eigenvalue weighted by Crippen LogP contribution is 2.45. The number of aromatic nitrogens is 3. The smallest absolute Gasteiger partial charge is 0.382 e. The number of fused-ring (bicyclic) bond motifs is 1. The molecule has 3 aromatic rings. The normalized spacial score (nSPS) is 14.6. The van der Waals surface area contributed by atoms with E-state index in [-0.39, 0.29) is 19.8 Å². The van der Waals surface area contributed by atoms with Gasteiger partial charge in [-0.2, -0.15) is 10.4 Å². The Hall–Kier alpha value is -2.55. The number of ether oxygens (including phenoxy) is 2. The van der Waals surface area contributed by atoms with Crippen LogP contribution >= 0.6 is 19.4 Å². The van der Waals surface area contributed by atoms with Crippen LogP contribution in [0.25, 0.3) is 5.52 Å². The molecule has 0 aliphatic rings. The molecule has 3 atom stereocenters. The van der Waals surface area contributed by atoms with Crippen LogP contribution in [0.3, 0.4) is 0 Å². The Morgan fingerprint density at radius 2 is 1.58 bits per heavy atom. The van der Waals surface area contributed by atoms with Crippen molar-refractivity contribution in [2.75, 3.05) is 26.1 Å². The summed E-state index contributed by atoms with van der Waals surface area (Å²) in [5.74, 6) is 0.388. The fourth-order valence-corrected chi connectivity index (χ4v) is 7.53. The van der Waals surface area contributed by atoms with Gasteiger partial charge in [0.15, 0.2) is 5.82 Å². The van der Waals surface area contributed by atoms with E-state index in [0.717, 1.165) is 30.5 Å². The van der Waals surface area contributed by atoms with Crippen molar-refractivity contribution >= 4 is 30.8 Å². The number of nitriles is 1. The van der Waals surface area contributed by atoms with Crippen molar-refractivity contribution in [1.29, 1.82) is 5.26 Å². The Morgan fingerprint density at radius 1 is 0.962 bits per heavy atom. The van der Waals surface area contributed by atoms with Crippen LogP contribution in [0, 0.1) is 11.3 Å². The number of methoxy groups -OCH3 is 1. The molecule has 2 heterocycles. The second kappa shape index (κ2) is 24.8. The molecule has 2 aromatic heterocycles. The fraction of sp³-hybridized carbons (Fsp3) is 0.675. The maximum atomic E-state index is 13.1. The van der Waals surface area contributed by atoms with Crippen LogP contribution in [0.15, 0.2) is 36.7 Å². The van der Waals surface area contributed by atoms with E-state index in [4.69, 9.17) is 35.9 Å². The SMILES string of the molecule is CCCCCCCCCCCCCCCCCC[C@H](COP(=O)(O)OC[C@](C)(CCc1ccc2c(N)ncnn12)OC)OCc1cc(Cl)cc(C#N)c1. The highest BCUT2D eigenvalue weighted by Gasteiger charge is 2.31. The summed E-state index contributed by atoms with van der Waals surface area (Å²) in [7, 11) is -2.90.